The van der Waals surface area contributed by atoms with Crippen LogP contribution in [0.4, 0.5) is 13.2 Å². The van der Waals surface area contributed by atoms with E-state index in [0.717, 1.165) is 19.1 Å². The van der Waals surface area contributed by atoms with E-state index >= 15 is 0 Å². The molecule has 86 valence electrons. The quantitative estimate of drug-likeness (QED) is 0.588. The first-order valence-electron chi connectivity index (χ1n) is 4.55. The number of benzene rings is 1. The van der Waals surface area contributed by atoms with Crippen LogP contribution in [0.2, 0.25) is 0 Å². The maximum absolute atomic E-state index is 13.1. The van der Waals surface area contributed by atoms with Crippen molar-refractivity contribution >= 4 is 11.6 Å². The highest BCUT2D eigenvalue weighted by molar-refractivity contribution is 6.11. The van der Waals surface area contributed by atoms with Gasteiger partial charge in [0.05, 0.1) is 11.5 Å². The second-order valence-electron chi connectivity index (χ2n) is 3.27. The summed E-state index contributed by atoms with van der Waals surface area (Å²) >= 11 is 0. The molecule has 1 rings (SSSR count). The van der Waals surface area contributed by atoms with E-state index in [1.54, 1.807) is 0 Å². The van der Waals surface area contributed by atoms with Crippen LogP contribution in [0.15, 0.2) is 24.3 Å². The largest absolute Gasteiger partial charge is 0.296 e. The Bertz CT molecular complexity index is 415. The van der Waals surface area contributed by atoms with Gasteiger partial charge < -0.3 is 0 Å². The third-order valence-electron chi connectivity index (χ3n) is 2.17. The van der Waals surface area contributed by atoms with E-state index in [4.69, 9.17) is 0 Å². The number of ketones is 2. The normalized spacial score (nSPS) is 12.6. The van der Waals surface area contributed by atoms with Gasteiger partial charge in [0.25, 0.3) is 6.43 Å². The molecule has 0 aromatic heterocycles. The lowest BCUT2D eigenvalue weighted by Crippen LogP contribution is -2.27. The molecule has 1 atom stereocenters. The smallest absolute Gasteiger partial charge is 0.293 e. The van der Waals surface area contributed by atoms with Crippen LogP contribution < -0.4 is 0 Å². The van der Waals surface area contributed by atoms with Gasteiger partial charge >= 0.3 is 0 Å². The maximum atomic E-state index is 13.1. The highest BCUT2D eigenvalue weighted by atomic mass is 19.3. The fraction of sp³-hybridized carbons (Fsp3) is 0.273. The maximum Gasteiger partial charge on any atom is 0.296 e. The van der Waals surface area contributed by atoms with E-state index in [1.165, 1.54) is 12.1 Å². The summed E-state index contributed by atoms with van der Waals surface area (Å²) in [6, 6.07) is 4.96. The first-order chi connectivity index (χ1) is 7.45. The van der Waals surface area contributed by atoms with Crippen LogP contribution in [0.5, 0.6) is 0 Å². The lowest BCUT2D eigenvalue weighted by molar-refractivity contribution is -0.131. The number of alkyl halides is 2. The molecule has 0 N–H and O–H groups in total. The third kappa shape index (κ3) is 2.48. The van der Waals surface area contributed by atoms with Crippen LogP contribution in [-0.2, 0) is 4.79 Å². The minimum absolute atomic E-state index is 0.344. The number of Topliss-reactive ketones (excluding diaryl/α,β-unsaturated/α-hetero) is 2. The molecule has 5 heteroatoms. The fourth-order valence-electron chi connectivity index (χ4n) is 1.21. The molecular weight excluding hydrogens is 221 g/mol. The van der Waals surface area contributed by atoms with Crippen LogP contribution in [0.3, 0.4) is 0 Å². The Labute approximate surface area is 90.1 Å². The molecule has 0 amide bonds. The van der Waals surface area contributed by atoms with Crippen molar-refractivity contribution in [3.63, 3.8) is 0 Å². The van der Waals surface area contributed by atoms with E-state index in [9.17, 15) is 22.8 Å². The Kier molecular flexibility index (Phi) is 3.82. The zero-order chi connectivity index (χ0) is 12.3. The Morgan fingerprint density at radius 2 is 1.75 bits per heavy atom. The minimum atomic E-state index is -3.22. The molecule has 1 unspecified atom stereocenters. The van der Waals surface area contributed by atoms with Crippen molar-refractivity contribution in [3.8, 4) is 0 Å². The van der Waals surface area contributed by atoms with Gasteiger partial charge in [-0.25, -0.2) is 13.2 Å². The summed E-state index contributed by atoms with van der Waals surface area (Å²) in [5.41, 5.74) is -0.344. The van der Waals surface area contributed by atoms with E-state index < -0.39 is 29.7 Å². The molecule has 1 aromatic rings. The molecule has 0 aliphatic rings. The van der Waals surface area contributed by atoms with Crippen molar-refractivity contribution in [1.29, 1.82) is 0 Å². The van der Waals surface area contributed by atoms with Gasteiger partial charge in [-0.3, -0.25) is 9.59 Å². The second-order valence-corrected chi connectivity index (χ2v) is 3.27. The molecule has 0 bridgehead atoms. The number of rotatable bonds is 4. The first-order valence-corrected chi connectivity index (χ1v) is 4.55. The average Bonchev–Trinajstić information content (AvgIpc) is 2.26. The zero-order valence-electron chi connectivity index (χ0n) is 8.41. The minimum Gasteiger partial charge on any atom is -0.293 e. The predicted molar refractivity (Wildman–Crippen MR) is 50.9 cm³/mol. The van der Waals surface area contributed by atoms with Gasteiger partial charge in [-0.05, 0) is 19.1 Å². The van der Waals surface area contributed by atoms with E-state index in [-0.39, 0.29) is 5.56 Å². The van der Waals surface area contributed by atoms with Crippen molar-refractivity contribution in [2.45, 2.75) is 13.3 Å². The monoisotopic (exact) mass is 230 g/mol. The Morgan fingerprint density at radius 1 is 1.19 bits per heavy atom. The molecule has 0 heterocycles. The first kappa shape index (κ1) is 12.4. The van der Waals surface area contributed by atoms with Crippen LogP contribution in [0.1, 0.15) is 17.3 Å². The molecule has 0 aliphatic carbocycles. The van der Waals surface area contributed by atoms with E-state index in [1.807, 2.05) is 0 Å². The number of carbonyl (C=O) groups excluding carboxylic acids is 2. The van der Waals surface area contributed by atoms with Crippen molar-refractivity contribution < 1.29 is 22.8 Å². The van der Waals surface area contributed by atoms with Crippen molar-refractivity contribution in [2.24, 2.45) is 5.92 Å². The van der Waals surface area contributed by atoms with Crippen molar-refractivity contribution in [2.75, 3.05) is 0 Å². The van der Waals surface area contributed by atoms with Crippen molar-refractivity contribution in [1.82, 2.24) is 0 Å². The topological polar surface area (TPSA) is 34.1 Å². The van der Waals surface area contributed by atoms with Crippen LogP contribution in [0.25, 0.3) is 0 Å². The second kappa shape index (κ2) is 4.92. The van der Waals surface area contributed by atoms with Gasteiger partial charge in [0, 0.05) is 0 Å². The molecular formula is C11H9F3O2. The SMILES string of the molecule is CC(C(=O)c1ccccc1F)C(=O)C(F)F. The molecule has 0 saturated heterocycles. The van der Waals surface area contributed by atoms with Crippen molar-refractivity contribution in [3.05, 3.63) is 35.6 Å². The summed E-state index contributed by atoms with van der Waals surface area (Å²) in [5, 5.41) is 0. The van der Waals surface area contributed by atoms with Crippen LogP contribution in [-0.4, -0.2) is 18.0 Å². The van der Waals surface area contributed by atoms with E-state index in [0.29, 0.717) is 0 Å². The third-order valence-corrected chi connectivity index (χ3v) is 2.17. The predicted octanol–water partition coefficient (Wildman–Crippen LogP) is 2.48. The molecule has 0 spiro atoms. The van der Waals surface area contributed by atoms with Crippen LogP contribution in [0, 0.1) is 11.7 Å². The summed E-state index contributed by atoms with van der Waals surface area (Å²) in [6.07, 6.45) is -3.22. The Morgan fingerprint density at radius 3 is 2.25 bits per heavy atom. The fourth-order valence-corrected chi connectivity index (χ4v) is 1.21. The van der Waals surface area contributed by atoms with Gasteiger partial charge in [-0.1, -0.05) is 12.1 Å². The van der Waals surface area contributed by atoms with E-state index in [2.05, 4.69) is 0 Å². The van der Waals surface area contributed by atoms with Crippen LogP contribution >= 0.6 is 0 Å². The summed E-state index contributed by atoms with van der Waals surface area (Å²) in [7, 11) is 0. The Hall–Kier alpha value is -1.65. The standard InChI is InChI=1S/C11H9F3O2/c1-6(10(16)11(13)14)9(15)7-4-2-3-5-8(7)12/h2-6,11H,1H3. The van der Waals surface area contributed by atoms with Gasteiger partial charge in [-0.2, -0.15) is 0 Å². The number of carbonyl (C=O) groups is 2. The zero-order valence-corrected chi connectivity index (χ0v) is 8.41. The van der Waals surface area contributed by atoms with Gasteiger partial charge in [0.15, 0.2) is 5.78 Å². The molecule has 0 radical (unpaired) electrons. The summed E-state index contributed by atoms with van der Waals surface area (Å²) in [5.74, 6) is -4.77. The molecule has 0 saturated carbocycles. The highest BCUT2D eigenvalue weighted by Gasteiger charge is 2.30. The van der Waals surface area contributed by atoms with Gasteiger partial charge in [-0.15, -0.1) is 0 Å². The van der Waals surface area contributed by atoms with Gasteiger partial charge in [0.2, 0.25) is 5.78 Å². The molecule has 1 aromatic carbocycles. The summed E-state index contributed by atoms with van der Waals surface area (Å²) in [4.78, 5) is 22.4. The van der Waals surface area contributed by atoms with Gasteiger partial charge in [0.1, 0.15) is 5.82 Å². The molecule has 2 nitrogen and oxygen atoms in total. The highest BCUT2D eigenvalue weighted by Crippen LogP contribution is 2.15. The number of halogens is 3. The molecule has 16 heavy (non-hydrogen) atoms. The lowest BCUT2D eigenvalue weighted by Gasteiger charge is -2.09. The molecule has 0 fully saturated rings. The number of hydrogen-bond acceptors (Lipinski definition) is 2. The number of hydrogen-bond donors (Lipinski definition) is 0. The summed E-state index contributed by atoms with van der Waals surface area (Å²) < 4.78 is 37.3. The Balaban J connectivity index is 2.95. The molecule has 0 aliphatic heterocycles. The summed E-state index contributed by atoms with van der Waals surface area (Å²) in [6.45, 7) is 1.04. The average molecular weight is 230 g/mol. The lowest BCUT2D eigenvalue weighted by atomic mass is 9.95.